The predicted octanol–water partition coefficient (Wildman–Crippen LogP) is 1.17. The third kappa shape index (κ3) is 3.67. The van der Waals surface area contributed by atoms with Crippen LogP contribution in [0.5, 0.6) is 5.75 Å². The molecule has 0 aliphatic carbocycles. The summed E-state index contributed by atoms with van der Waals surface area (Å²) in [7, 11) is -2.33. The molecule has 1 heterocycles. The summed E-state index contributed by atoms with van der Waals surface area (Å²) in [5.74, 6) is 0.401. The lowest BCUT2D eigenvalue weighted by Crippen LogP contribution is -2.54. The van der Waals surface area contributed by atoms with Crippen LogP contribution in [0.2, 0.25) is 5.02 Å². The van der Waals surface area contributed by atoms with Crippen LogP contribution in [0.15, 0.2) is 23.1 Å². The molecule has 0 bridgehead atoms. The number of rotatable bonds is 5. The van der Waals surface area contributed by atoms with E-state index in [0.717, 1.165) is 0 Å². The van der Waals surface area contributed by atoms with Crippen LogP contribution in [0.4, 0.5) is 0 Å². The molecule has 21 heavy (non-hydrogen) atoms. The standard InChI is InChI=1S/C13H18ClNO5S/c1-19-12-3-2-10(8-11(12)14)21(17,18)15-13(9-16)4-6-20-7-5-13/h2-3,8,15-16H,4-7,9H2,1H3. The number of hydrogen-bond acceptors (Lipinski definition) is 5. The van der Waals surface area contributed by atoms with Gasteiger partial charge in [-0.25, -0.2) is 13.1 Å². The van der Waals surface area contributed by atoms with Gasteiger partial charge in [0.25, 0.3) is 0 Å². The maximum atomic E-state index is 12.5. The van der Waals surface area contributed by atoms with E-state index in [1.54, 1.807) is 0 Å². The van der Waals surface area contributed by atoms with Gasteiger partial charge in [-0.2, -0.15) is 0 Å². The van der Waals surface area contributed by atoms with Gasteiger partial charge < -0.3 is 14.6 Å². The van der Waals surface area contributed by atoms with Crippen LogP contribution in [-0.2, 0) is 14.8 Å². The van der Waals surface area contributed by atoms with Gasteiger partial charge >= 0.3 is 0 Å². The fourth-order valence-electron chi connectivity index (χ4n) is 2.21. The highest BCUT2D eigenvalue weighted by Crippen LogP contribution is 2.28. The first-order valence-corrected chi connectivity index (χ1v) is 8.35. The lowest BCUT2D eigenvalue weighted by molar-refractivity contribution is 0.0223. The van der Waals surface area contributed by atoms with Crippen molar-refractivity contribution >= 4 is 21.6 Å². The summed E-state index contributed by atoms with van der Waals surface area (Å²) < 4.78 is 37.7. The van der Waals surface area contributed by atoms with Crippen molar-refractivity contribution in [1.82, 2.24) is 4.72 Å². The van der Waals surface area contributed by atoms with E-state index in [4.69, 9.17) is 21.1 Å². The summed E-state index contributed by atoms with van der Waals surface area (Å²) in [5.41, 5.74) is -0.885. The van der Waals surface area contributed by atoms with Gasteiger partial charge in [0, 0.05) is 13.2 Å². The zero-order valence-corrected chi connectivity index (χ0v) is 13.2. The maximum Gasteiger partial charge on any atom is 0.241 e. The van der Waals surface area contributed by atoms with Gasteiger partial charge in [-0.3, -0.25) is 0 Å². The number of aliphatic hydroxyl groups excluding tert-OH is 1. The van der Waals surface area contributed by atoms with E-state index in [1.807, 2.05) is 0 Å². The maximum absolute atomic E-state index is 12.5. The Balaban J connectivity index is 2.27. The van der Waals surface area contributed by atoms with Gasteiger partial charge in [0.2, 0.25) is 10.0 Å². The van der Waals surface area contributed by atoms with Crippen molar-refractivity contribution in [3.8, 4) is 5.75 Å². The minimum atomic E-state index is -3.78. The minimum absolute atomic E-state index is 0.0348. The number of ether oxygens (including phenoxy) is 2. The summed E-state index contributed by atoms with van der Waals surface area (Å²) in [4.78, 5) is 0.0348. The lowest BCUT2D eigenvalue weighted by atomic mass is 9.93. The highest BCUT2D eigenvalue weighted by Gasteiger charge is 2.36. The van der Waals surface area contributed by atoms with E-state index in [0.29, 0.717) is 31.8 Å². The Hall–Kier alpha value is -0.860. The number of halogens is 1. The van der Waals surface area contributed by atoms with Crippen molar-refractivity contribution in [2.75, 3.05) is 26.9 Å². The van der Waals surface area contributed by atoms with Crippen molar-refractivity contribution < 1.29 is 23.0 Å². The molecule has 1 fully saturated rings. The van der Waals surface area contributed by atoms with Crippen LogP contribution in [0.1, 0.15) is 12.8 Å². The Morgan fingerprint density at radius 2 is 2.10 bits per heavy atom. The summed E-state index contributed by atoms with van der Waals surface area (Å²) in [6, 6.07) is 4.23. The Morgan fingerprint density at radius 3 is 2.62 bits per heavy atom. The van der Waals surface area contributed by atoms with E-state index in [2.05, 4.69) is 4.72 Å². The second-order valence-electron chi connectivity index (χ2n) is 4.95. The first kappa shape index (κ1) is 16.5. The van der Waals surface area contributed by atoms with Gasteiger partial charge in [-0.1, -0.05) is 11.6 Å². The van der Waals surface area contributed by atoms with Gasteiger partial charge in [-0.15, -0.1) is 0 Å². The monoisotopic (exact) mass is 335 g/mol. The average molecular weight is 336 g/mol. The van der Waals surface area contributed by atoms with E-state index in [9.17, 15) is 13.5 Å². The molecule has 2 N–H and O–H groups in total. The highest BCUT2D eigenvalue weighted by molar-refractivity contribution is 7.89. The zero-order chi connectivity index (χ0) is 15.5. The molecule has 0 amide bonds. The van der Waals surface area contributed by atoms with Crippen LogP contribution in [0.25, 0.3) is 0 Å². The smallest absolute Gasteiger partial charge is 0.241 e. The molecule has 0 spiro atoms. The minimum Gasteiger partial charge on any atom is -0.495 e. The molecule has 0 aromatic heterocycles. The molecule has 2 rings (SSSR count). The van der Waals surface area contributed by atoms with Gasteiger partial charge in [0.05, 0.1) is 29.2 Å². The number of benzene rings is 1. The van der Waals surface area contributed by atoms with Crippen molar-refractivity contribution in [3.05, 3.63) is 23.2 Å². The Bertz CT molecular complexity index is 599. The summed E-state index contributed by atoms with van der Waals surface area (Å²) >= 11 is 5.96. The normalized spacial score (nSPS) is 18.4. The van der Waals surface area contributed by atoms with Crippen molar-refractivity contribution in [1.29, 1.82) is 0 Å². The molecular weight excluding hydrogens is 318 g/mol. The van der Waals surface area contributed by atoms with Gasteiger partial charge in [0.1, 0.15) is 5.75 Å². The molecule has 8 heteroatoms. The topological polar surface area (TPSA) is 84.9 Å². The molecule has 1 saturated heterocycles. The Labute approximate surface area is 129 Å². The summed E-state index contributed by atoms with van der Waals surface area (Å²) in [6.07, 6.45) is 0.846. The number of methoxy groups -OCH3 is 1. The van der Waals surface area contributed by atoms with E-state index in [-0.39, 0.29) is 16.5 Å². The van der Waals surface area contributed by atoms with Crippen LogP contribution in [0, 0.1) is 0 Å². The molecule has 1 aromatic carbocycles. The first-order valence-electron chi connectivity index (χ1n) is 6.49. The molecule has 0 atom stereocenters. The van der Waals surface area contributed by atoms with Gasteiger partial charge in [0.15, 0.2) is 0 Å². The largest absolute Gasteiger partial charge is 0.495 e. The highest BCUT2D eigenvalue weighted by atomic mass is 35.5. The van der Waals surface area contributed by atoms with Crippen molar-refractivity contribution in [2.45, 2.75) is 23.3 Å². The van der Waals surface area contributed by atoms with E-state index >= 15 is 0 Å². The lowest BCUT2D eigenvalue weighted by Gasteiger charge is -2.35. The third-order valence-corrected chi connectivity index (χ3v) is 5.41. The zero-order valence-electron chi connectivity index (χ0n) is 11.6. The van der Waals surface area contributed by atoms with Crippen LogP contribution in [0.3, 0.4) is 0 Å². The fourth-order valence-corrected chi connectivity index (χ4v) is 4.01. The molecule has 1 aliphatic heterocycles. The van der Waals surface area contributed by atoms with Crippen molar-refractivity contribution in [2.24, 2.45) is 0 Å². The number of aliphatic hydroxyl groups is 1. The quantitative estimate of drug-likeness (QED) is 0.843. The Morgan fingerprint density at radius 1 is 1.43 bits per heavy atom. The Kier molecular flexibility index (Phi) is 5.11. The third-order valence-electron chi connectivity index (χ3n) is 3.54. The second kappa shape index (κ2) is 6.50. The number of hydrogen-bond donors (Lipinski definition) is 2. The van der Waals surface area contributed by atoms with Crippen LogP contribution < -0.4 is 9.46 Å². The predicted molar refractivity (Wildman–Crippen MR) is 78.2 cm³/mol. The SMILES string of the molecule is COc1ccc(S(=O)(=O)NC2(CO)CCOCC2)cc1Cl. The number of nitrogens with one attached hydrogen (secondary N) is 1. The summed E-state index contributed by atoms with van der Waals surface area (Å²) in [5, 5.41) is 9.77. The number of sulfonamides is 1. The molecule has 0 unspecified atom stereocenters. The fraction of sp³-hybridized carbons (Fsp3) is 0.538. The van der Waals surface area contributed by atoms with Crippen molar-refractivity contribution in [3.63, 3.8) is 0 Å². The summed E-state index contributed by atoms with van der Waals surface area (Å²) in [6.45, 7) is 0.540. The molecule has 0 saturated carbocycles. The molecule has 118 valence electrons. The van der Waals surface area contributed by atoms with E-state index < -0.39 is 15.6 Å². The molecule has 6 nitrogen and oxygen atoms in total. The first-order chi connectivity index (χ1) is 9.92. The molecule has 1 aromatic rings. The molecule has 0 radical (unpaired) electrons. The average Bonchev–Trinajstić information content (AvgIpc) is 2.47. The van der Waals surface area contributed by atoms with Crippen LogP contribution in [-0.4, -0.2) is 46.0 Å². The molecule has 1 aliphatic rings. The molecular formula is C13H18ClNO5S. The second-order valence-corrected chi connectivity index (χ2v) is 7.04. The van der Waals surface area contributed by atoms with Crippen LogP contribution >= 0.6 is 11.6 Å². The van der Waals surface area contributed by atoms with Gasteiger partial charge in [-0.05, 0) is 31.0 Å². The van der Waals surface area contributed by atoms with E-state index in [1.165, 1.54) is 25.3 Å².